The minimum Gasteiger partial charge on any atom is -0.299 e. The lowest BCUT2D eigenvalue weighted by molar-refractivity contribution is 0.169. The Labute approximate surface area is 109 Å². The molecule has 1 unspecified atom stereocenters. The van der Waals surface area contributed by atoms with Gasteiger partial charge in [0.25, 0.3) is 0 Å². The predicted molar refractivity (Wildman–Crippen MR) is 69.9 cm³/mol. The largest absolute Gasteiger partial charge is 0.299 e. The molecule has 0 radical (unpaired) electrons. The molecule has 2 aliphatic rings. The van der Waals surface area contributed by atoms with E-state index in [1.54, 1.807) is 4.31 Å². The zero-order valence-electron chi connectivity index (χ0n) is 10.1. The second-order valence-corrected chi connectivity index (χ2v) is 7.37. The molecule has 6 heteroatoms. The molecule has 2 saturated heterocycles. The standard InChI is InChI=1S/C11H21ClN2O2S/c12-5-9-17(15,16)14-8-4-11(10-14)13-6-2-1-3-7-13/h11H,1-10H2. The quantitative estimate of drug-likeness (QED) is 0.725. The average molecular weight is 281 g/mol. The Morgan fingerprint density at radius 1 is 1.12 bits per heavy atom. The van der Waals surface area contributed by atoms with Crippen LogP contribution < -0.4 is 0 Å². The third kappa shape index (κ3) is 3.34. The molecule has 1 atom stereocenters. The van der Waals surface area contributed by atoms with E-state index in [0.717, 1.165) is 19.5 Å². The summed E-state index contributed by atoms with van der Waals surface area (Å²) in [4.78, 5) is 2.46. The van der Waals surface area contributed by atoms with Crippen LogP contribution in [0, 0.1) is 0 Å². The van der Waals surface area contributed by atoms with E-state index in [9.17, 15) is 8.42 Å². The lowest BCUT2D eigenvalue weighted by atomic mass is 10.1. The Morgan fingerprint density at radius 2 is 1.82 bits per heavy atom. The van der Waals surface area contributed by atoms with Crippen LogP contribution in [0.2, 0.25) is 0 Å². The van der Waals surface area contributed by atoms with Gasteiger partial charge in [-0.3, -0.25) is 4.90 Å². The van der Waals surface area contributed by atoms with Crippen LogP contribution in [-0.4, -0.2) is 61.5 Å². The third-order valence-corrected chi connectivity index (χ3v) is 6.01. The summed E-state index contributed by atoms with van der Waals surface area (Å²) >= 11 is 5.53. The number of alkyl halides is 1. The van der Waals surface area contributed by atoms with Gasteiger partial charge in [-0.05, 0) is 32.4 Å². The van der Waals surface area contributed by atoms with Gasteiger partial charge < -0.3 is 0 Å². The summed E-state index contributed by atoms with van der Waals surface area (Å²) in [6, 6.07) is 0.431. The molecule has 0 bridgehead atoms. The van der Waals surface area contributed by atoms with E-state index >= 15 is 0 Å². The highest BCUT2D eigenvalue weighted by Crippen LogP contribution is 2.22. The molecule has 4 nitrogen and oxygen atoms in total. The van der Waals surface area contributed by atoms with Crippen LogP contribution in [-0.2, 0) is 10.0 Å². The van der Waals surface area contributed by atoms with Crippen molar-refractivity contribution in [2.45, 2.75) is 31.7 Å². The molecule has 2 heterocycles. The van der Waals surface area contributed by atoms with E-state index in [4.69, 9.17) is 11.6 Å². The number of rotatable bonds is 4. The molecule has 0 N–H and O–H groups in total. The highest BCUT2D eigenvalue weighted by atomic mass is 35.5. The number of halogens is 1. The first kappa shape index (κ1) is 13.6. The van der Waals surface area contributed by atoms with Gasteiger partial charge in [-0.15, -0.1) is 11.6 Å². The smallest absolute Gasteiger partial charge is 0.215 e. The summed E-state index contributed by atoms with van der Waals surface area (Å²) < 4.78 is 25.4. The van der Waals surface area contributed by atoms with E-state index in [0.29, 0.717) is 19.1 Å². The van der Waals surface area contributed by atoms with Crippen molar-refractivity contribution in [1.82, 2.24) is 9.21 Å². The molecule has 0 spiro atoms. The lowest BCUT2D eigenvalue weighted by Gasteiger charge is -2.32. The minimum absolute atomic E-state index is 0.0707. The minimum atomic E-state index is -3.11. The van der Waals surface area contributed by atoms with E-state index in [-0.39, 0.29) is 11.6 Å². The number of likely N-dealkylation sites (tertiary alicyclic amines) is 1. The van der Waals surface area contributed by atoms with E-state index < -0.39 is 10.0 Å². The number of hydrogen-bond acceptors (Lipinski definition) is 3. The van der Waals surface area contributed by atoms with Crippen molar-refractivity contribution in [3.05, 3.63) is 0 Å². The van der Waals surface area contributed by atoms with Crippen molar-refractivity contribution in [3.63, 3.8) is 0 Å². The number of hydrogen-bond donors (Lipinski definition) is 0. The Kier molecular flexibility index (Phi) is 4.69. The van der Waals surface area contributed by atoms with Crippen LogP contribution in [0.1, 0.15) is 25.7 Å². The Bertz CT molecular complexity index is 341. The fourth-order valence-electron chi connectivity index (χ4n) is 2.77. The Balaban J connectivity index is 1.90. The Hall–Kier alpha value is 0.160. The molecule has 0 aromatic carbocycles. The third-order valence-electron chi connectivity index (χ3n) is 3.76. The predicted octanol–water partition coefficient (Wildman–Crippen LogP) is 1.12. The zero-order valence-corrected chi connectivity index (χ0v) is 11.7. The number of nitrogens with zero attached hydrogens (tertiary/aromatic N) is 2. The van der Waals surface area contributed by atoms with Crippen molar-refractivity contribution in [1.29, 1.82) is 0 Å². The van der Waals surface area contributed by atoms with Gasteiger partial charge in [0.05, 0.1) is 5.75 Å². The van der Waals surface area contributed by atoms with Crippen molar-refractivity contribution in [2.24, 2.45) is 0 Å². The van der Waals surface area contributed by atoms with E-state index in [2.05, 4.69) is 4.90 Å². The second kappa shape index (κ2) is 5.87. The van der Waals surface area contributed by atoms with Crippen LogP contribution in [0.25, 0.3) is 0 Å². The maximum atomic E-state index is 11.9. The average Bonchev–Trinajstić information content (AvgIpc) is 2.80. The fraction of sp³-hybridized carbons (Fsp3) is 1.00. The first-order valence-electron chi connectivity index (χ1n) is 6.41. The van der Waals surface area contributed by atoms with Gasteiger partial charge >= 0.3 is 0 Å². The SMILES string of the molecule is O=S(=O)(CCCl)N1CCC(N2CCCCC2)C1. The first-order chi connectivity index (χ1) is 8.13. The highest BCUT2D eigenvalue weighted by molar-refractivity contribution is 7.89. The summed E-state index contributed by atoms with van der Waals surface area (Å²) in [5.74, 6) is 0.258. The molecular weight excluding hydrogens is 260 g/mol. The summed E-state index contributed by atoms with van der Waals surface area (Å²) in [7, 11) is -3.11. The number of sulfonamides is 1. The fourth-order valence-corrected chi connectivity index (χ4v) is 4.59. The topological polar surface area (TPSA) is 40.6 Å². The van der Waals surface area contributed by atoms with Crippen LogP contribution in [0.4, 0.5) is 0 Å². The van der Waals surface area contributed by atoms with Crippen molar-refractivity contribution in [2.75, 3.05) is 37.8 Å². The summed E-state index contributed by atoms with van der Waals surface area (Å²) in [6.07, 6.45) is 4.80. The zero-order chi connectivity index (χ0) is 12.3. The van der Waals surface area contributed by atoms with Gasteiger partial charge in [-0.1, -0.05) is 6.42 Å². The van der Waals surface area contributed by atoms with E-state index in [1.807, 2.05) is 0 Å². The molecule has 0 aliphatic carbocycles. The van der Waals surface area contributed by atoms with Gasteiger partial charge in [0, 0.05) is 25.0 Å². The first-order valence-corrected chi connectivity index (χ1v) is 8.56. The second-order valence-electron chi connectivity index (χ2n) is 4.90. The summed E-state index contributed by atoms with van der Waals surface area (Å²) in [6.45, 7) is 3.60. The molecule has 0 amide bonds. The number of piperidine rings is 1. The molecule has 2 fully saturated rings. The summed E-state index contributed by atoms with van der Waals surface area (Å²) in [5.41, 5.74) is 0. The van der Waals surface area contributed by atoms with Crippen molar-refractivity contribution < 1.29 is 8.42 Å². The normalized spacial score (nSPS) is 28.6. The van der Waals surface area contributed by atoms with Crippen molar-refractivity contribution in [3.8, 4) is 0 Å². The molecule has 100 valence electrons. The Morgan fingerprint density at radius 3 is 2.47 bits per heavy atom. The monoisotopic (exact) mass is 280 g/mol. The van der Waals surface area contributed by atoms with Gasteiger partial charge in [0.2, 0.25) is 10.0 Å². The summed E-state index contributed by atoms with van der Waals surface area (Å²) in [5, 5.41) is 0. The molecule has 2 aliphatic heterocycles. The molecule has 2 rings (SSSR count). The van der Waals surface area contributed by atoms with Crippen molar-refractivity contribution >= 4 is 21.6 Å². The molecule has 0 aromatic rings. The molecule has 17 heavy (non-hydrogen) atoms. The maximum Gasteiger partial charge on any atom is 0.215 e. The lowest BCUT2D eigenvalue weighted by Crippen LogP contribution is -2.42. The van der Waals surface area contributed by atoms with Gasteiger partial charge in [0.15, 0.2) is 0 Å². The van der Waals surface area contributed by atoms with Crippen LogP contribution in [0.3, 0.4) is 0 Å². The maximum absolute atomic E-state index is 11.9. The van der Waals surface area contributed by atoms with Gasteiger partial charge in [0.1, 0.15) is 0 Å². The van der Waals surface area contributed by atoms with Gasteiger partial charge in [-0.2, -0.15) is 0 Å². The highest BCUT2D eigenvalue weighted by Gasteiger charge is 2.34. The van der Waals surface area contributed by atoms with Crippen LogP contribution >= 0.6 is 11.6 Å². The van der Waals surface area contributed by atoms with Crippen LogP contribution in [0.5, 0.6) is 0 Å². The molecule has 0 aromatic heterocycles. The van der Waals surface area contributed by atoms with Gasteiger partial charge in [-0.25, -0.2) is 12.7 Å². The van der Waals surface area contributed by atoms with Crippen LogP contribution in [0.15, 0.2) is 0 Å². The molecule has 0 saturated carbocycles. The van der Waals surface area contributed by atoms with E-state index in [1.165, 1.54) is 19.3 Å². The molecular formula is C11H21ClN2O2S.